The van der Waals surface area contributed by atoms with Crippen LogP contribution in [0.4, 0.5) is 13.2 Å². The van der Waals surface area contributed by atoms with Crippen molar-refractivity contribution in [1.29, 1.82) is 0 Å². The van der Waals surface area contributed by atoms with Gasteiger partial charge in [0.25, 0.3) is 0 Å². The average molecular weight is 202 g/mol. The Kier molecular flexibility index (Phi) is 3.19. The summed E-state index contributed by atoms with van der Waals surface area (Å²) in [5.74, 6) is 0.374. The van der Waals surface area contributed by atoms with Crippen LogP contribution in [0.2, 0.25) is 0 Å². The lowest BCUT2D eigenvalue weighted by molar-refractivity contribution is -0.137. The van der Waals surface area contributed by atoms with Gasteiger partial charge in [-0.05, 0) is 24.0 Å². The number of benzene rings is 1. The maximum Gasteiger partial charge on any atom is 0.416 e. The third-order valence-electron chi connectivity index (χ3n) is 1.90. The van der Waals surface area contributed by atoms with Gasteiger partial charge in [-0.25, -0.2) is 0 Å². The Labute approximate surface area is 81.8 Å². The zero-order chi connectivity index (χ0) is 10.8. The molecule has 0 aliphatic heterocycles. The highest BCUT2D eigenvalue weighted by Gasteiger charge is 2.30. The Balaban J connectivity index is 2.90. The Morgan fingerprint density at radius 2 is 1.86 bits per heavy atom. The Hall–Kier alpha value is -0.990. The molecule has 3 heteroatoms. The normalized spacial score (nSPS) is 12.1. The predicted octanol–water partition coefficient (Wildman–Crippen LogP) is 3.90. The molecule has 0 unspecified atom stereocenters. The van der Waals surface area contributed by atoms with E-state index < -0.39 is 11.7 Å². The SMILES string of the molecule is CC(C)Cc1cccc(C(F)(F)F)c1. The van der Waals surface area contributed by atoms with Crippen LogP contribution in [0.25, 0.3) is 0 Å². The molecule has 0 amide bonds. The highest BCUT2D eigenvalue weighted by Crippen LogP contribution is 2.29. The Morgan fingerprint density at radius 3 is 2.36 bits per heavy atom. The second-order valence-corrected chi connectivity index (χ2v) is 3.80. The fourth-order valence-corrected chi connectivity index (χ4v) is 1.35. The zero-order valence-corrected chi connectivity index (χ0v) is 8.23. The van der Waals surface area contributed by atoms with E-state index in [1.54, 1.807) is 6.07 Å². The summed E-state index contributed by atoms with van der Waals surface area (Å²) in [6, 6.07) is 5.51. The first-order valence-corrected chi connectivity index (χ1v) is 4.55. The molecule has 0 saturated heterocycles. The predicted molar refractivity (Wildman–Crippen MR) is 50.0 cm³/mol. The lowest BCUT2D eigenvalue weighted by atomic mass is 10.0. The monoisotopic (exact) mass is 202 g/mol. The van der Waals surface area contributed by atoms with Crippen molar-refractivity contribution in [3.63, 3.8) is 0 Å². The summed E-state index contributed by atoms with van der Waals surface area (Å²) in [5.41, 5.74) is 0.186. The smallest absolute Gasteiger partial charge is 0.166 e. The first-order valence-electron chi connectivity index (χ1n) is 4.55. The lowest BCUT2D eigenvalue weighted by Gasteiger charge is -2.09. The number of hydrogen-bond donors (Lipinski definition) is 0. The van der Waals surface area contributed by atoms with E-state index in [1.807, 2.05) is 13.8 Å². The van der Waals surface area contributed by atoms with E-state index in [2.05, 4.69) is 0 Å². The van der Waals surface area contributed by atoms with Gasteiger partial charge in [0.2, 0.25) is 0 Å². The first-order chi connectivity index (χ1) is 6.39. The summed E-state index contributed by atoms with van der Waals surface area (Å²) in [5, 5.41) is 0. The molecule has 1 aromatic rings. The summed E-state index contributed by atoms with van der Waals surface area (Å²) in [4.78, 5) is 0. The zero-order valence-electron chi connectivity index (χ0n) is 8.23. The standard InChI is InChI=1S/C11H13F3/c1-8(2)6-9-4-3-5-10(7-9)11(12,13)14/h3-5,7-8H,6H2,1-2H3. The minimum atomic E-state index is -4.23. The summed E-state index contributed by atoms with van der Waals surface area (Å²) in [6.07, 6.45) is -3.54. The molecule has 0 aliphatic carbocycles. The third kappa shape index (κ3) is 3.05. The van der Waals surface area contributed by atoms with Crippen LogP contribution in [-0.4, -0.2) is 0 Å². The van der Waals surface area contributed by atoms with Crippen molar-refractivity contribution in [2.75, 3.05) is 0 Å². The van der Waals surface area contributed by atoms with Crippen LogP contribution in [0.1, 0.15) is 25.0 Å². The van der Waals surface area contributed by atoms with E-state index >= 15 is 0 Å². The van der Waals surface area contributed by atoms with Gasteiger partial charge in [0.1, 0.15) is 0 Å². The van der Waals surface area contributed by atoms with Crippen LogP contribution >= 0.6 is 0 Å². The molecule has 14 heavy (non-hydrogen) atoms. The minimum Gasteiger partial charge on any atom is -0.166 e. The van der Waals surface area contributed by atoms with Crippen molar-refractivity contribution in [3.05, 3.63) is 35.4 Å². The molecule has 0 saturated carbocycles. The highest BCUT2D eigenvalue weighted by atomic mass is 19.4. The van der Waals surface area contributed by atoms with Gasteiger partial charge in [-0.15, -0.1) is 0 Å². The average Bonchev–Trinajstić information content (AvgIpc) is 2.01. The lowest BCUT2D eigenvalue weighted by Crippen LogP contribution is -2.05. The van der Waals surface area contributed by atoms with Gasteiger partial charge in [0.15, 0.2) is 0 Å². The van der Waals surface area contributed by atoms with Crippen molar-refractivity contribution in [2.24, 2.45) is 5.92 Å². The minimum absolute atomic E-state index is 0.374. The molecule has 0 fully saturated rings. The van der Waals surface area contributed by atoms with Crippen molar-refractivity contribution < 1.29 is 13.2 Å². The van der Waals surface area contributed by atoms with Crippen molar-refractivity contribution in [3.8, 4) is 0 Å². The maximum atomic E-state index is 12.3. The topological polar surface area (TPSA) is 0 Å². The molecular weight excluding hydrogens is 189 g/mol. The van der Waals surface area contributed by atoms with Crippen LogP contribution in [0.15, 0.2) is 24.3 Å². The van der Waals surface area contributed by atoms with Crippen LogP contribution < -0.4 is 0 Å². The van der Waals surface area contributed by atoms with Gasteiger partial charge in [-0.2, -0.15) is 13.2 Å². The van der Waals surface area contributed by atoms with E-state index in [1.165, 1.54) is 12.1 Å². The van der Waals surface area contributed by atoms with E-state index in [-0.39, 0.29) is 0 Å². The van der Waals surface area contributed by atoms with Crippen LogP contribution in [0.5, 0.6) is 0 Å². The molecule has 0 aromatic heterocycles. The number of alkyl halides is 3. The molecule has 0 aliphatic rings. The van der Waals surface area contributed by atoms with Crippen LogP contribution in [0.3, 0.4) is 0 Å². The molecule has 1 aromatic carbocycles. The van der Waals surface area contributed by atoms with Crippen LogP contribution in [0, 0.1) is 5.92 Å². The number of hydrogen-bond acceptors (Lipinski definition) is 0. The fourth-order valence-electron chi connectivity index (χ4n) is 1.35. The maximum absolute atomic E-state index is 12.3. The molecule has 0 atom stereocenters. The summed E-state index contributed by atoms with van der Waals surface area (Å²) in [6.45, 7) is 3.97. The van der Waals surface area contributed by atoms with Gasteiger partial charge in [-0.3, -0.25) is 0 Å². The second-order valence-electron chi connectivity index (χ2n) is 3.80. The van der Waals surface area contributed by atoms with E-state index in [9.17, 15) is 13.2 Å². The molecule has 0 heterocycles. The van der Waals surface area contributed by atoms with E-state index in [4.69, 9.17) is 0 Å². The molecule has 78 valence electrons. The largest absolute Gasteiger partial charge is 0.416 e. The molecule has 1 rings (SSSR count). The second kappa shape index (κ2) is 4.03. The third-order valence-corrected chi connectivity index (χ3v) is 1.90. The molecule has 0 bridgehead atoms. The van der Waals surface area contributed by atoms with Crippen molar-refractivity contribution >= 4 is 0 Å². The fraction of sp³-hybridized carbons (Fsp3) is 0.455. The van der Waals surface area contributed by atoms with E-state index in [0.717, 1.165) is 11.6 Å². The molecule has 0 N–H and O–H groups in total. The Bertz CT molecular complexity index is 300. The van der Waals surface area contributed by atoms with Crippen molar-refractivity contribution in [2.45, 2.75) is 26.4 Å². The first kappa shape index (κ1) is 11.1. The van der Waals surface area contributed by atoms with Gasteiger partial charge in [0, 0.05) is 0 Å². The molecule has 0 radical (unpaired) electrons. The summed E-state index contributed by atoms with van der Waals surface area (Å²) in [7, 11) is 0. The summed E-state index contributed by atoms with van der Waals surface area (Å²) >= 11 is 0. The summed E-state index contributed by atoms with van der Waals surface area (Å²) < 4.78 is 36.9. The van der Waals surface area contributed by atoms with Gasteiger partial charge < -0.3 is 0 Å². The number of halogens is 3. The van der Waals surface area contributed by atoms with Crippen molar-refractivity contribution in [1.82, 2.24) is 0 Å². The van der Waals surface area contributed by atoms with Gasteiger partial charge in [-0.1, -0.05) is 32.0 Å². The highest BCUT2D eigenvalue weighted by molar-refractivity contribution is 5.25. The molecular formula is C11H13F3. The van der Waals surface area contributed by atoms with E-state index in [0.29, 0.717) is 12.3 Å². The van der Waals surface area contributed by atoms with Gasteiger partial charge in [0.05, 0.1) is 5.56 Å². The Morgan fingerprint density at radius 1 is 1.21 bits per heavy atom. The quantitative estimate of drug-likeness (QED) is 0.682. The number of rotatable bonds is 2. The molecule has 0 nitrogen and oxygen atoms in total. The van der Waals surface area contributed by atoms with Gasteiger partial charge >= 0.3 is 6.18 Å². The molecule has 0 spiro atoms. The van der Waals surface area contributed by atoms with Crippen LogP contribution in [-0.2, 0) is 12.6 Å².